The highest BCUT2D eigenvalue weighted by atomic mass is 35.5. The minimum atomic E-state index is 0.247. The summed E-state index contributed by atoms with van der Waals surface area (Å²) >= 11 is 7.59. The average Bonchev–Trinajstić information content (AvgIpc) is 2.95. The van der Waals surface area contributed by atoms with E-state index in [2.05, 4.69) is 17.6 Å². The fraction of sp³-hybridized carbons (Fsp3) is 0.357. The number of carbonyl (C=O) groups excluding carboxylic acids is 1. The molecule has 0 fully saturated rings. The smallest absolute Gasteiger partial charge is 0.164 e. The molecule has 0 N–H and O–H groups in total. The molecule has 1 aliphatic rings. The number of halogens is 1. The molecular formula is C14H14ClNOS. The maximum atomic E-state index is 11.8. The van der Waals surface area contributed by atoms with Crippen molar-refractivity contribution < 1.29 is 4.79 Å². The molecule has 0 amide bonds. The van der Waals surface area contributed by atoms with Crippen molar-refractivity contribution in [2.24, 2.45) is 0 Å². The Bertz CT molecular complexity index is 599. The van der Waals surface area contributed by atoms with E-state index in [1.165, 1.54) is 10.6 Å². The molecule has 1 unspecified atom stereocenters. The van der Waals surface area contributed by atoms with E-state index in [-0.39, 0.29) is 11.8 Å². The van der Waals surface area contributed by atoms with E-state index in [0.29, 0.717) is 6.42 Å². The van der Waals surface area contributed by atoms with Crippen LogP contribution in [0, 0.1) is 0 Å². The average molecular weight is 280 g/mol. The third-order valence-corrected chi connectivity index (χ3v) is 4.97. The Morgan fingerprint density at radius 2 is 2.17 bits per heavy atom. The normalized spacial score (nSPS) is 16.7. The van der Waals surface area contributed by atoms with Crippen LogP contribution in [0.2, 0.25) is 4.34 Å². The van der Waals surface area contributed by atoms with Crippen LogP contribution >= 0.6 is 22.9 Å². The molecule has 0 saturated heterocycles. The molecule has 2 aromatic heterocycles. The number of ketones is 1. The molecule has 2 aromatic rings. The summed E-state index contributed by atoms with van der Waals surface area (Å²) in [7, 11) is 0. The highest BCUT2D eigenvalue weighted by molar-refractivity contribution is 7.16. The molecule has 1 aliphatic carbocycles. The molecule has 1 atom stereocenters. The van der Waals surface area contributed by atoms with Gasteiger partial charge in [-0.2, -0.15) is 0 Å². The van der Waals surface area contributed by atoms with Gasteiger partial charge in [-0.25, -0.2) is 0 Å². The lowest BCUT2D eigenvalue weighted by Gasteiger charge is -2.19. The largest absolute Gasteiger partial charge is 0.343 e. The zero-order valence-electron chi connectivity index (χ0n) is 10.1. The summed E-state index contributed by atoms with van der Waals surface area (Å²) < 4.78 is 3.03. The molecule has 0 aliphatic heterocycles. The first-order valence-corrected chi connectivity index (χ1v) is 7.34. The minimum absolute atomic E-state index is 0.247. The van der Waals surface area contributed by atoms with Crippen LogP contribution in [-0.2, 0) is 6.42 Å². The van der Waals surface area contributed by atoms with E-state index >= 15 is 0 Å². The lowest BCUT2D eigenvalue weighted by molar-refractivity contribution is 0.0971. The van der Waals surface area contributed by atoms with Crippen molar-refractivity contribution in [1.82, 2.24) is 4.57 Å². The molecule has 2 heterocycles. The van der Waals surface area contributed by atoms with Gasteiger partial charge in [0.05, 0.1) is 10.4 Å². The first kappa shape index (κ1) is 12.0. The predicted octanol–water partition coefficient (Wildman–Crippen LogP) is 4.33. The molecule has 0 bridgehead atoms. The molecule has 0 aromatic carbocycles. The van der Waals surface area contributed by atoms with Crippen molar-refractivity contribution in [2.75, 3.05) is 0 Å². The molecule has 2 nitrogen and oxygen atoms in total. The van der Waals surface area contributed by atoms with Gasteiger partial charge in [-0.05, 0) is 38.0 Å². The van der Waals surface area contributed by atoms with Crippen LogP contribution in [0.5, 0.6) is 0 Å². The third-order valence-electron chi connectivity index (χ3n) is 3.57. The van der Waals surface area contributed by atoms with Gasteiger partial charge in [-0.15, -0.1) is 11.3 Å². The van der Waals surface area contributed by atoms with Crippen LogP contribution in [-0.4, -0.2) is 10.4 Å². The molecule has 4 heteroatoms. The Hall–Kier alpha value is -1.06. The van der Waals surface area contributed by atoms with Crippen LogP contribution < -0.4 is 0 Å². The molecule has 0 spiro atoms. The summed E-state index contributed by atoms with van der Waals surface area (Å²) in [6.07, 6.45) is 4.69. The van der Waals surface area contributed by atoms with Crippen LogP contribution in [0.3, 0.4) is 0 Å². The van der Waals surface area contributed by atoms with E-state index in [1.54, 1.807) is 11.3 Å². The lowest BCUT2D eigenvalue weighted by Crippen LogP contribution is -2.15. The SMILES string of the molecule is CC(c1ccc(Cl)s1)n1ccc2c1CCCC2=O. The summed E-state index contributed by atoms with van der Waals surface area (Å²) in [6.45, 7) is 2.15. The van der Waals surface area contributed by atoms with Crippen LogP contribution in [0.4, 0.5) is 0 Å². The number of hydrogen-bond donors (Lipinski definition) is 0. The van der Waals surface area contributed by atoms with Crippen molar-refractivity contribution in [3.8, 4) is 0 Å². The zero-order valence-corrected chi connectivity index (χ0v) is 11.7. The minimum Gasteiger partial charge on any atom is -0.343 e. The highest BCUT2D eigenvalue weighted by Crippen LogP contribution is 2.32. The van der Waals surface area contributed by atoms with Crippen LogP contribution in [0.15, 0.2) is 24.4 Å². The van der Waals surface area contributed by atoms with E-state index < -0.39 is 0 Å². The Balaban J connectivity index is 2.00. The number of Topliss-reactive ketones (excluding diaryl/α,β-unsaturated/α-hetero) is 1. The number of nitrogens with zero attached hydrogens (tertiary/aromatic N) is 1. The lowest BCUT2D eigenvalue weighted by atomic mass is 9.96. The van der Waals surface area contributed by atoms with Gasteiger partial charge in [-0.3, -0.25) is 4.79 Å². The van der Waals surface area contributed by atoms with E-state index in [4.69, 9.17) is 11.6 Å². The summed E-state index contributed by atoms with van der Waals surface area (Å²) in [4.78, 5) is 13.1. The fourth-order valence-electron chi connectivity index (χ4n) is 2.60. The molecule has 0 radical (unpaired) electrons. The van der Waals surface area contributed by atoms with Gasteiger partial charge in [0.15, 0.2) is 5.78 Å². The Kier molecular flexibility index (Phi) is 3.04. The zero-order chi connectivity index (χ0) is 12.7. The van der Waals surface area contributed by atoms with Crippen molar-refractivity contribution in [1.29, 1.82) is 0 Å². The van der Waals surface area contributed by atoms with Gasteiger partial charge >= 0.3 is 0 Å². The quantitative estimate of drug-likeness (QED) is 0.802. The molecule has 0 saturated carbocycles. The summed E-state index contributed by atoms with van der Waals surface area (Å²) in [5, 5.41) is 0. The molecule has 94 valence electrons. The topological polar surface area (TPSA) is 22.0 Å². The fourth-order valence-corrected chi connectivity index (χ4v) is 3.71. The standard InChI is InChI=1S/C14H14ClNOS/c1-9(13-5-6-14(15)18-13)16-8-7-10-11(16)3-2-4-12(10)17/h5-9H,2-4H2,1H3. The van der Waals surface area contributed by atoms with E-state index in [1.807, 2.05) is 18.3 Å². The maximum Gasteiger partial charge on any atom is 0.164 e. The van der Waals surface area contributed by atoms with Gasteiger partial charge in [-0.1, -0.05) is 11.6 Å². The Morgan fingerprint density at radius 3 is 2.89 bits per heavy atom. The Morgan fingerprint density at radius 1 is 1.33 bits per heavy atom. The predicted molar refractivity (Wildman–Crippen MR) is 74.8 cm³/mol. The van der Waals surface area contributed by atoms with Crippen molar-refractivity contribution >= 4 is 28.7 Å². The summed E-state index contributed by atoms with van der Waals surface area (Å²) in [5.41, 5.74) is 2.10. The summed E-state index contributed by atoms with van der Waals surface area (Å²) in [6, 6.07) is 6.20. The Labute approximate surface area is 115 Å². The number of carbonyl (C=O) groups is 1. The van der Waals surface area contributed by atoms with Crippen molar-refractivity contribution in [3.05, 3.63) is 44.9 Å². The second-order valence-electron chi connectivity index (χ2n) is 4.68. The van der Waals surface area contributed by atoms with E-state index in [9.17, 15) is 4.79 Å². The first-order valence-electron chi connectivity index (χ1n) is 6.15. The molecule has 3 rings (SSSR count). The van der Waals surface area contributed by atoms with Gasteiger partial charge in [0.25, 0.3) is 0 Å². The molecular weight excluding hydrogens is 266 g/mol. The van der Waals surface area contributed by atoms with Gasteiger partial charge in [0.2, 0.25) is 0 Å². The van der Waals surface area contributed by atoms with Gasteiger partial charge in [0, 0.05) is 28.8 Å². The molecule has 18 heavy (non-hydrogen) atoms. The number of fused-ring (bicyclic) bond motifs is 1. The first-order chi connectivity index (χ1) is 8.66. The number of aromatic nitrogens is 1. The number of rotatable bonds is 2. The maximum absolute atomic E-state index is 11.8. The number of thiophene rings is 1. The van der Waals surface area contributed by atoms with Gasteiger partial charge < -0.3 is 4.57 Å². The third kappa shape index (κ3) is 1.91. The number of hydrogen-bond acceptors (Lipinski definition) is 2. The second-order valence-corrected chi connectivity index (χ2v) is 6.42. The second kappa shape index (κ2) is 4.56. The van der Waals surface area contributed by atoms with Crippen LogP contribution in [0.1, 0.15) is 46.7 Å². The monoisotopic (exact) mass is 279 g/mol. The summed E-state index contributed by atoms with van der Waals surface area (Å²) in [5.74, 6) is 0.284. The van der Waals surface area contributed by atoms with Gasteiger partial charge in [0.1, 0.15) is 0 Å². The van der Waals surface area contributed by atoms with E-state index in [0.717, 1.165) is 22.7 Å². The highest BCUT2D eigenvalue weighted by Gasteiger charge is 2.23. The van der Waals surface area contributed by atoms with Crippen LogP contribution in [0.25, 0.3) is 0 Å². The van der Waals surface area contributed by atoms with Crippen molar-refractivity contribution in [3.63, 3.8) is 0 Å². The van der Waals surface area contributed by atoms with Crippen molar-refractivity contribution in [2.45, 2.75) is 32.2 Å².